The number of nitrogens with zero attached hydrogens (tertiary/aromatic N) is 4. The van der Waals surface area contributed by atoms with Crippen molar-refractivity contribution in [2.24, 2.45) is 24.6 Å². The number of hydrogen-bond acceptors (Lipinski definition) is 4. The van der Waals surface area contributed by atoms with Gasteiger partial charge in [0.2, 0.25) is 0 Å². The maximum atomic E-state index is 15.5. The zero-order valence-electron chi connectivity index (χ0n) is 20.8. The Labute approximate surface area is 209 Å². The third-order valence-electron chi connectivity index (χ3n) is 8.78. The number of likely N-dealkylation sites (tertiary alicyclic amines) is 1. The summed E-state index contributed by atoms with van der Waals surface area (Å²) in [4.78, 5) is 20.1. The first-order chi connectivity index (χ1) is 17.3. The topological polar surface area (TPSA) is 81.1 Å². The normalized spacial score (nSPS) is 24.9. The molecule has 8 heteroatoms. The standard InChI is InChI=1S/C28H31FN6O/c1-14(2)23-12-31-19-6-4-5-15-11-22(35(23)25(15)19)27-32-20-10-17(9-18(29)26(20)33(27)3)28(36)34-13-16-7-8-21(34)24(16)30/h4-6,9-11,14,16,21,23-24,31H,7-8,12-13,30H2,1-3H3/t16-,21-,23?,24-/m1/s1. The Balaban J connectivity index is 1.37. The summed E-state index contributed by atoms with van der Waals surface area (Å²) in [5, 5.41) is 4.70. The van der Waals surface area contributed by atoms with E-state index in [9.17, 15) is 4.79 Å². The van der Waals surface area contributed by atoms with Crippen LogP contribution in [0.1, 0.15) is 43.1 Å². The first kappa shape index (κ1) is 21.9. The molecule has 4 heterocycles. The minimum absolute atomic E-state index is 0.0257. The maximum absolute atomic E-state index is 15.5. The van der Waals surface area contributed by atoms with Gasteiger partial charge in [-0.1, -0.05) is 26.0 Å². The van der Waals surface area contributed by atoms with Crippen molar-refractivity contribution in [3.05, 3.63) is 47.8 Å². The van der Waals surface area contributed by atoms with Crippen LogP contribution in [0.25, 0.3) is 33.5 Å². The van der Waals surface area contributed by atoms with E-state index in [1.165, 1.54) is 6.07 Å². The fourth-order valence-corrected chi connectivity index (χ4v) is 6.88. The fraction of sp³-hybridized carbons (Fsp3) is 0.429. The summed E-state index contributed by atoms with van der Waals surface area (Å²) < 4.78 is 19.7. The SMILES string of the molecule is CC(C)C1CNc2cccc3cc(-c4nc5cc(C(=O)N6C[C@H]7CC[C@@H]6[C@@H]7N)cc(F)c5n4C)n1c23. The van der Waals surface area contributed by atoms with E-state index in [-0.39, 0.29) is 24.0 Å². The van der Waals surface area contributed by atoms with Crippen molar-refractivity contribution in [1.29, 1.82) is 0 Å². The molecule has 7 rings (SSSR count). The average molecular weight is 487 g/mol. The molecule has 0 spiro atoms. The highest BCUT2D eigenvalue weighted by molar-refractivity contribution is 6.00. The van der Waals surface area contributed by atoms with E-state index in [0.29, 0.717) is 40.8 Å². The van der Waals surface area contributed by atoms with Gasteiger partial charge in [0.15, 0.2) is 5.82 Å². The number of nitrogens with two attached hydrogens (primary N) is 1. The van der Waals surface area contributed by atoms with Gasteiger partial charge >= 0.3 is 0 Å². The number of carbonyl (C=O) groups excluding carboxylic acids is 1. The molecule has 2 aliphatic heterocycles. The highest BCUT2D eigenvalue weighted by Gasteiger charge is 2.47. The Hall–Kier alpha value is -3.39. The van der Waals surface area contributed by atoms with Crippen molar-refractivity contribution in [2.45, 2.75) is 44.8 Å². The summed E-state index contributed by atoms with van der Waals surface area (Å²) in [7, 11) is 1.85. The van der Waals surface area contributed by atoms with Crippen LogP contribution >= 0.6 is 0 Å². The summed E-state index contributed by atoms with van der Waals surface area (Å²) >= 11 is 0. The lowest BCUT2D eigenvalue weighted by molar-refractivity contribution is 0.0700. The number of halogens is 1. The van der Waals surface area contributed by atoms with Crippen LogP contribution in [0.5, 0.6) is 0 Å². The van der Waals surface area contributed by atoms with Gasteiger partial charge in [-0.2, -0.15) is 0 Å². The molecule has 0 radical (unpaired) electrons. The number of imidazole rings is 1. The first-order valence-electron chi connectivity index (χ1n) is 12.9. The molecular formula is C28H31FN6O. The molecule has 1 unspecified atom stereocenters. The van der Waals surface area contributed by atoms with E-state index in [1.807, 2.05) is 16.5 Å². The Morgan fingerprint density at radius 1 is 1.19 bits per heavy atom. The number of aryl methyl sites for hydroxylation is 1. The lowest BCUT2D eigenvalue weighted by Crippen LogP contribution is -2.41. The number of amides is 1. The molecule has 2 bridgehead atoms. The number of hydrogen-bond donors (Lipinski definition) is 2. The van der Waals surface area contributed by atoms with Gasteiger partial charge in [-0.3, -0.25) is 4.79 Å². The van der Waals surface area contributed by atoms with Crippen LogP contribution in [-0.4, -0.2) is 50.1 Å². The molecule has 3 aliphatic rings. The van der Waals surface area contributed by atoms with Gasteiger partial charge in [-0.25, -0.2) is 9.37 Å². The van der Waals surface area contributed by atoms with E-state index < -0.39 is 5.82 Å². The van der Waals surface area contributed by atoms with Crippen LogP contribution in [-0.2, 0) is 7.05 Å². The molecular weight excluding hydrogens is 455 g/mol. The molecule has 186 valence electrons. The van der Waals surface area contributed by atoms with E-state index in [0.717, 1.165) is 41.7 Å². The van der Waals surface area contributed by atoms with Gasteiger partial charge < -0.3 is 25.1 Å². The van der Waals surface area contributed by atoms with Gasteiger partial charge in [-0.15, -0.1) is 0 Å². The lowest BCUT2D eigenvalue weighted by atomic mass is 10.0. The molecule has 4 aromatic rings. The zero-order valence-corrected chi connectivity index (χ0v) is 20.8. The van der Waals surface area contributed by atoms with Crippen molar-refractivity contribution >= 4 is 33.5 Å². The number of aromatic nitrogens is 3. The Morgan fingerprint density at radius 2 is 2.03 bits per heavy atom. The van der Waals surface area contributed by atoms with Gasteiger partial charge in [0.1, 0.15) is 11.3 Å². The van der Waals surface area contributed by atoms with Crippen molar-refractivity contribution < 1.29 is 9.18 Å². The maximum Gasteiger partial charge on any atom is 0.254 e. The summed E-state index contributed by atoms with van der Waals surface area (Å²) in [6.07, 6.45) is 1.99. The second-order valence-electron chi connectivity index (χ2n) is 11.1. The number of carbonyl (C=O) groups is 1. The quantitative estimate of drug-likeness (QED) is 0.446. The minimum atomic E-state index is -0.428. The molecule has 4 atom stereocenters. The summed E-state index contributed by atoms with van der Waals surface area (Å²) in [5.74, 6) is 0.874. The Morgan fingerprint density at radius 3 is 2.75 bits per heavy atom. The molecule has 1 saturated carbocycles. The third kappa shape index (κ3) is 2.88. The number of anilines is 1. The van der Waals surface area contributed by atoms with E-state index in [4.69, 9.17) is 10.7 Å². The highest BCUT2D eigenvalue weighted by Crippen LogP contribution is 2.41. The molecule has 2 fully saturated rings. The zero-order chi connectivity index (χ0) is 24.9. The molecule has 1 aliphatic carbocycles. The van der Waals surface area contributed by atoms with Crippen LogP contribution < -0.4 is 11.1 Å². The van der Waals surface area contributed by atoms with E-state index >= 15 is 4.39 Å². The number of para-hydroxylation sites is 1. The van der Waals surface area contributed by atoms with Crippen LogP contribution in [0.15, 0.2) is 36.4 Å². The van der Waals surface area contributed by atoms with Gasteiger partial charge in [-0.05, 0) is 48.9 Å². The van der Waals surface area contributed by atoms with Crippen molar-refractivity contribution in [2.75, 3.05) is 18.4 Å². The number of piperidine rings is 1. The molecule has 2 aromatic carbocycles. The van der Waals surface area contributed by atoms with Crippen LogP contribution in [0.4, 0.5) is 10.1 Å². The van der Waals surface area contributed by atoms with Crippen molar-refractivity contribution in [3.63, 3.8) is 0 Å². The van der Waals surface area contributed by atoms with E-state index in [2.05, 4.69) is 48.0 Å². The Kier molecular flexibility index (Phi) is 4.59. The van der Waals surface area contributed by atoms with Gasteiger partial charge in [0.05, 0.1) is 28.5 Å². The van der Waals surface area contributed by atoms with Crippen molar-refractivity contribution in [1.82, 2.24) is 19.0 Å². The predicted molar refractivity (Wildman–Crippen MR) is 139 cm³/mol. The molecule has 36 heavy (non-hydrogen) atoms. The number of nitrogens with one attached hydrogen (secondary N) is 1. The smallest absolute Gasteiger partial charge is 0.254 e. The van der Waals surface area contributed by atoms with Crippen LogP contribution in [0.3, 0.4) is 0 Å². The Bertz CT molecular complexity index is 1550. The largest absolute Gasteiger partial charge is 0.381 e. The second-order valence-corrected chi connectivity index (χ2v) is 11.1. The number of benzene rings is 2. The summed E-state index contributed by atoms with van der Waals surface area (Å²) in [6.45, 7) is 5.92. The average Bonchev–Trinajstić information content (AvgIpc) is 3.60. The highest BCUT2D eigenvalue weighted by atomic mass is 19.1. The molecule has 7 nitrogen and oxygen atoms in total. The predicted octanol–water partition coefficient (Wildman–Crippen LogP) is 4.52. The monoisotopic (exact) mass is 486 g/mol. The lowest BCUT2D eigenvalue weighted by Gasteiger charge is -2.31. The minimum Gasteiger partial charge on any atom is -0.381 e. The third-order valence-corrected chi connectivity index (χ3v) is 8.78. The fourth-order valence-electron chi connectivity index (χ4n) is 6.88. The second kappa shape index (κ2) is 7.56. The molecule has 1 saturated heterocycles. The van der Waals surface area contributed by atoms with Crippen LogP contribution in [0, 0.1) is 17.7 Å². The summed E-state index contributed by atoms with van der Waals surface area (Å²) in [5.41, 5.74) is 10.8. The van der Waals surface area contributed by atoms with Crippen molar-refractivity contribution in [3.8, 4) is 11.5 Å². The summed E-state index contributed by atoms with van der Waals surface area (Å²) in [6, 6.07) is 11.8. The first-order valence-corrected chi connectivity index (χ1v) is 12.9. The van der Waals surface area contributed by atoms with Crippen LogP contribution in [0.2, 0.25) is 0 Å². The molecule has 1 amide bonds. The molecule has 2 aromatic heterocycles. The number of rotatable bonds is 3. The molecule has 3 N–H and O–H groups in total. The van der Waals surface area contributed by atoms with E-state index in [1.54, 1.807) is 6.07 Å². The van der Waals surface area contributed by atoms with Gasteiger partial charge in [0.25, 0.3) is 5.91 Å². The number of fused-ring (bicyclic) bond motifs is 3. The van der Waals surface area contributed by atoms with Gasteiger partial charge in [0, 0.05) is 43.2 Å².